The van der Waals surface area contributed by atoms with Gasteiger partial charge in [-0.15, -0.1) is 0 Å². The van der Waals surface area contributed by atoms with Crippen LogP contribution >= 0.6 is 0 Å². The third-order valence-corrected chi connectivity index (χ3v) is 4.51. The summed E-state index contributed by atoms with van der Waals surface area (Å²) in [7, 11) is 0. The number of rotatable bonds is 7. The molecule has 1 heterocycles. The molecular formula is C22H22FNO5. The van der Waals surface area contributed by atoms with E-state index in [0.717, 1.165) is 0 Å². The van der Waals surface area contributed by atoms with Gasteiger partial charge in [0.25, 0.3) is 5.91 Å². The van der Waals surface area contributed by atoms with Crippen molar-refractivity contribution < 1.29 is 23.1 Å². The van der Waals surface area contributed by atoms with Crippen LogP contribution in [0.15, 0.2) is 57.9 Å². The molecule has 0 spiro atoms. The smallest absolute Gasteiger partial charge is 0.258 e. The molecule has 7 heteroatoms. The summed E-state index contributed by atoms with van der Waals surface area (Å²) in [5, 5.41) is 3.15. The Labute approximate surface area is 167 Å². The van der Waals surface area contributed by atoms with Gasteiger partial charge in [0, 0.05) is 12.1 Å². The highest BCUT2D eigenvalue weighted by atomic mass is 19.1. The Balaban J connectivity index is 1.71. The number of amides is 1. The Hall–Kier alpha value is -3.35. The maximum absolute atomic E-state index is 13.0. The number of ether oxygens (including phenoxy) is 2. The second-order valence-corrected chi connectivity index (χ2v) is 7.03. The molecule has 1 amide bonds. The highest BCUT2D eigenvalue weighted by Gasteiger charge is 2.13. The van der Waals surface area contributed by atoms with Crippen molar-refractivity contribution >= 4 is 16.9 Å². The summed E-state index contributed by atoms with van der Waals surface area (Å²) in [5.74, 6) is 0.401. The van der Waals surface area contributed by atoms with Crippen molar-refractivity contribution in [2.75, 3.05) is 6.61 Å². The number of nitrogens with one attached hydrogen (secondary N) is 1. The van der Waals surface area contributed by atoms with Gasteiger partial charge in [-0.1, -0.05) is 13.8 Å². The quantitative estimate of drug-likeness (QED) is 0.642. The van der Waals surface area contributed by atoms with Gasteiger partial charge in [0.05, 0.1) is 5.39 Å². The van der Waals surface area contributed by atoms with E-state index in [1.165, 1.54) is 36.6 Å². The minimum Gasteiger partial charge on any atom is -0.484 e. The first-order valence-electron chi connectivity index (χ1n) is 9.24. The first-order valence-corrected chi connectivity index (χ1v) is 9.24. The first-order chi connectivity index (χ1) is 13.8. The molecule has 29 heavy (non-hydrogen) atoms. The molecule has 3 rings (SSSR count). The number of carbonyl (C=O) groups excluding carboxylic acids is 1. The maximum atomic E-state index is 13.0. The molecule has 0 unspecified atom stereocenters. The van der Waals surface area contributed by atoms with E-state index in [9.17, 15) is 14.0 Å². The Morgan fingerprint density at radius 1 is 1.10 bits per heavy atom. The largest absolute Gasteiger partial charge is 0.484 e. The zero-order chi connectivity index (χ0) is 21.0. The molecule has 1 aromatic heterocycles. The molecule has 0 aliphatic carbocycles. The van der Waals surface area contributed by atoms with E-state index in [1.54, 1.807) is 12.1 Å². The van der Waals surface area contributed by atoms with Crippen molar-refractivity contribution in [1.82, 2.24) is 5.32 Å². The average molecular weight is 399 g/mol. The van der Waals surface area contributed by atoms with E-state index in [0.29, 0.717) is 28.4 Å². The van der Waals surface area contributed by atoms with Gasteiger partial charge >= 0.3 is 0 Å². The van der Waals surface area contributed by atoms with Gasteiger partial charge in [-0.2, -0.15) is 0 Å². The van der Waals surface area contributed by atoms with Crippen LogP contribution in [0.25, 0.3) is 11.0 Å². The minimum absolute atomic E-state index is 0.0140. The second-order valence-electron chi connectivity index (χ2n) is 7.03. The van der Waals surface area contributed by atoms with Crippen LogP contribution in [0.3, 0.4) is 0 Å². The van der Waals surface area contributed by atoms with E-state index in [2.05, 4.69) is 5.32 Å². The van der Waals surface area contributed by atoms with Crippen molar-refractivity contribution in [3.8, 4) is 17.2 Å². The normalized spacial score (nSPS) is 12.0. The standard InChI is InChI=1S/C22H22FNO5/c1-13(2)14(3)24-21(25)12-27-17-8-9-18-19(10-17)28-11-20(22(18)26)29-16-6-4-15(23)5-7-16/h4-11,13-14H,12H2,1-3H3,(H,24,25)/t14-/m1/s1. The Bertz CT molecular complexity index is 1060. The predicted molar refractivity (Wildman–Crippen MR) is 107 cm³/mol. The average Bonchev–Trinajstić information content (AvgIpc) is 2.70. The van der Waals surface area contributed by atoms with Gasteiger partial charge in [0.2, 0.25) is 11.2 Å². The Morgan fingerprint density at radius 3 is 2.48 bits per heavy atom. The Kier molecular flexibility index (Phi) is 6.16. The zero-order valence-corrected chi connectivity index (χ0v) is 16.4. The van der Waals surface area contributed by atoms with Crippen molar-refractivity contribution in [2.24, 2.45) is 5.92 Å². The van der Waals surface area contributed by atoms with Gasteiger partial charge in [0.15, 0.2) is 6.61 Å². The number of hydrogen-bond acceptors (Lipinski definition) is 5. The molecule has 6 nitrogen and oxygen atoms in total. The molecule has 0 saturated heterocycles. The summed E-state index contributed by atoms with van der Waals surface area (Å²) < 4.78 is 29.4. The number of carbonyl (C=O) groups is 1. The van der Waals surface area contributed by atoms with E-state index in [4.69, 9.17) is 13.9 Å². The van der Waals surface area contributed by atoms with Crippen molar-refractivity contribution in [1.29, 1.82) is 0 Å². The van der Waals surface area contributed by atoms with E-state index in [1.807, 2.05) is 20.8 Å². The lowest BCUT2D eigenvalue weighted by Gasteiger charge is -2.17. The van der Waals surface area contributed by atoms with Gasteiger partial charge in [-0.25, -0.2) is 4.39 Å². The fourth-order valence-corrected chi connectivity index (χ4v) is 2.49. The monoisotopic (exact) mass is 399 g/mol. The molecule has 0 saturated carbocycles. The van der Waals surface area contributed by atoms with Crippen molar-refractivity contribution in [3.63, 3.8) is 0 Å². The molecule has 2 aromatic carbocycles. The van der Waals surface area contributed by atoms with E-state index >= 15 is 0 Å². The lowest BCUT2D eigenvalue weighted by atomic mass is 10.1. The summed E-state index contributed by atoms with van der Waals surface area (Å²) in [5.41, 5.74) is -0.0689. The van der Waals surface area contributed by atoms with E-state index in [-0.39, 0.29) is 29.7 Å². The fourth-order valence-electron chi connectivity index (χ4n) is 2.49. The van der Waals surface area contributed by atoms with Crippen LogP contribution in [0.1, 0.15) is 20.8 Å². The van der Waals surface area contributed by atoms with Crippen molar-refractivity contribution in [3.05, 3.63) is 64.8 Å². The fraction of sp³-hybridized carbons (Fsp3) is 0.273. The molecule has 3 aromatic rings. The SMILES string of the molecule is CC(C)[C@@H](C)NC(=O)COc1ccc2c(=O)c(Oc3ccc(F)cc3)coc2c1. The van der Waals surface area contributed by atoms with Crippen LogP contribution in [0.5, 0.6) is 17.2 Å². The third kappa shape index (κ3) is 5.13. The molecule has 0 aliphatic heterocycles. The summed E-state index contributed by atoms with van der Waals surface area (Å²) in [4.78, 5) is 24.5. The van der Waals surface area contributed by atoms with Gasteiger partial charge in [0.1, 0.15) is 29.2 Å². The molecule has 1 N–H and O–H groups in total. The van der Waals surface area contributed by atoms with Crippen molar-refractivity contribution in [2.45, 2.75) is 26.8 Å². The van der Waals surface area contributed by atoms with Crippen LogP contribution in [-0.2, 0) is 4.79 Å². The number of benzene rings is 2. The molecule has 1 atom stereocenters. The van der Waals surface area contributed by atoms with Gasteiger partial charge in [-0.05, 0) is 49.2 Å². The molecule has 0 aliphatic rings. The van der Waals surface area contributed by atoms with Crippen LogP contribution in [0.4, 0.5) is 4.39 Å². The van der Waals surface area contributed by atoms with Gasteiger partial charge < -0.3 is 19.2 Å². The Morgan fingerprint density at radius 2 is 1.79 bits per heavy atom. The van der Waals surface area contributed by atoms with Crippen LogP contribution in [-0.4, -0.2) is 18.6 Å². The van der Waals surface area contributed by atoms with E-state index < -0.39 is 5.82 Å². The topological polar surface area (TPSA) is 77.8 Å². The summed E-state index contributed by atoms with van der Waals surface area (Å²) >= 11 is 0. The van der Waals surface area contributed by atoms with Gasteiger partial charge in [-0.3, -0.25) is 9.59 Å². The third-order valence-electron chi connectivity index (χ3n) is 4.51. The number of hydrogen-bond donors (Lipinski definition) is 1. The lowest BCUT2D eigenvalue weighted by Crippen LogP contribution is -2.38. The summed E-state index contributed by atoms with van der Waals surface area (Å²) in [6.45, 7) is 5.83. The molecule has 152 valence electrons. The number of fused-ring (bicyclic) bond motifs is 1. The molecule has 0 radical (unpaired) electrons. The first kappa shape index (κ1) is 20.4. The zero-order valence-electron chi connectivity index (χ0n) is 16.4. The second kappa shape index (κ2) is 8.77. The van der Waals surface area contributed by atoms with Crippen LogP contribution in [0, 0.1) is 11.7 Å². The highest BCUT2D eigenvalue weighted by molar-refractivity contribution is 5.80. The molecule has 0 bridgehead atoms. The minimum atomic E-state index is -0.400. The number of halogens is 1. The summed E-state index contributed by atoms with van der Waals surface area (Å²) in [6, 6.07) is 10.0. The predicted octanol–water partition coefficient (Wildman–Crippen LogP) is 4.26. The van der Waals surface area contributed by atoms with Crippen LogP contribution in [0.2, 0.25) is 0 Å². The summed E-state index contributed by atoms with van der Waals surface area (Å²) in [6.07, 6.45) is 1.19. The molecule has 0 fully saturated rings. The lowest BCUT2D eigenvalue weighted by molar-refractivity contribution is -0.124. The molecular weight excluding hydrogens is 377 g/mol. The maximum Gasteiger partial charge on any atom is 0.258 e. The van der Waals surface area contributed by atoms with Crippen LogP contribution < -0.4 is 20.2 Å². The highest BCUT2D eigenvalue weighted by Crippen LogP contribution is 2.24.